The Morgan fingerprint density at radius 3 is 2.86 bits per heavy atom. The molecule has 0 heterocycles. The van der Waals surface area contributed by atoms with E-state index < -0.39 is 0 Å². The minimum absolute atomic E-state index is 0.211. The van der Waals surface area contributed by atoms with Crippen LogP contribution in [0.3, 0.4) is 0 Å². The number of aryl methyl sites for hydroxylation is 1. The Morgan fingerprint density at radius 1 is 1.50 bits per heavy atom. The number of benzene rings is 1. The number of esters is 1. The summed E-state index contributed by atoms with van der Waals surface area (Å²) < 4.78 is 4.55. The normalized spacial score (nSPS) is 9.14. The highest BCUT2D eigenvalue weighted by Gasteiger charge is 2.03. The standard InChI is InChI=1S/C12H12O2/c1-3-10-6-4-5-7-11(10)8-9-12(13)14-2/h1,4-7H,8-9H2,2H3. The van der Waals surface area contributed by atoms with Gasteiger partial charge in [-0.3, -0.25) is 4.79 Å². The van der Waals surface area contributed by atoms with Crippen molar-refractivity contribution >= 4 is 5.97 Å². The minimum atomic E-state index is -0.211. The van der Waals surface area contributed by atoms with Crippen molar-refractivity contribution in [1.29, 1.82) is 0 Å². The van der Waals surface area contributed by atoms with Gasteiger partial charge in [-0.05, 0) is 18.1 Å². The Balaban J connectivity index is 2.68. The first-order chi connectivity index (χ1) is 6.77. The van der Waals surface area contributed by atoms with Gasteiger partial charge in [0.25, 0.3) is 0 Å². The maximum atomic E-state index is 10.9. The van der Waals surface area contributed by atoms with E-state index in [0.29, 0.717) is 12.8 Å². The molecule has 0 radical (unpaired) electrons. The minimum Gasteiger partial charge on any atom is -0.469 e. The van der Waals surface area contributed by atoms with Crippen molar-refractivity contribution in [2.75, 3.05) is 7.11 Å². The van der Waals surface area contributed by atoms with Crippen LogP contribution in [0.5, 0.6) is 0 Å². The van der Waals surface area contributed by atoms with Crippen LogP contribution in [0.4, 0.5) is 0 Å². The third-order valence-electron chi connectivity index (χ3n) is 2.00. The van der Waals surface area contributed by atoms with Crippen LogP contribution in [0.1, 0.15) is 17.5 Å². The van der Waals surface area contributed by atoms with Crippen molar-refractivity contribution in [3.8, 4) is 12.3 Å². The zero-order chi connectivity index (χ0) is 10.4. The van der Waals surface area contributed by atoms with Crippen LogP contribution in [0, 0.1) is 12.3 Å². The Hall–Kier alpha value is -1.75. The summed E-state index contributed by atoms with van der Waals surface area (Å²) >= 11 is 0. The van der Waals surface area contributed by atoms with E-state index in [4.69, 9.17) is 6.42 Å². The van der Waals surface area contributed by atoms with E-state index in [-0.39, 0.29) is 5.97 Å². The van der Waals surface area contributed by atoms with Gasteiger partial charge in [-0.1, -0.05) is 24.1 Å². The van der Waals surface area contributed by atoms with Gasteiger partial charge >= 0.3 is 5.97 Å². The number of rotatable bonds is 3. The van der Waals surface area contributed by atoms with E-state index in [2.05, 4.69) is 10.7 Å². The summed E-state index contributed by atoms with van der Waals surface area (Å²) in [6.45, 7) is 0. The first-order valence-electron chi connectivity index (χ1n) is 4.39. The highest BCUT2D eigenvalue weighted by atomic mass is 16.5. The van der Waals surface area contributed by atoms with Crippen molar-refractivity contribution in [3.63, 3.8) is 0 Å². The molecule has 0 aliphatic rings. The number of ether oxygens (including phenoxy) is 1. The molecule has 0 saturated heterocycles. The summed E-state index contributed by atoms with van der Waals surface area (Å²) in [5.41, 5.74) is 1.86. The molecule has 0 bridgehead atoms. The van der Waals surface area contributed by atoms with Crippen molar-refractivity contribution in [1.82, 2.24) is 0 Å². The number of carbonyl (C=O) groups is 1. The number of methoxy groups -OCH3 is 1. The first-order valence-corrected chi connectivity index (χ1v) is 4.39. The molecule has 2 nitrogen and oxygen atoms in total. The lowest BCUT2D eigenvalue weighted by Crippen LogP contribution is -2.02. The molecule has 1 aromatic rings. The van der Waals surface area contributed by atoms with Gasteiger partial charge < -0.3 is 4.74 Å². The lowest BCUT2D eigenvalue weighted by atomic mass is 10.0. The lowest BCUT2D eigenvalue weighted by Gasteiger charge is -2.02. The fourth-order valence-electron chi connectivity index (χ4n) is 1.22. The van der Waals surface area contributed by atoms with Crippen LogP contribution in [0.15, 0.2) is 24.3 Å². The van der Waals surface area contributed by atoms with Crippen LogP contribution in [0.25, 0.3) is 0 Å². The summed E-state index contributed by atoms with van der Waals surface area (Å²) in [7, 11) is 1.38. The third kappa shape index (κ3) is 2.63. The van der Waals surface area contributed by atoms with Gasteiger partial charge in [0.05, 0.1) is 7.11 Å². The number of terminal acetylenes is 1. The van der Waals surface area contributed by atoms with Gasteiger partial charge in [-0.2, -0.15) is 0 Å². The predicted molar refractivity (Wildman–Crippen MR) is 54.7 cm³/mol. The zero-order valence-corrected chi connectivity index (χ0v) is 8.12. The van der Waals surface area contributed by atoms with E-state index >= 15 is 0 Å². The third-order valence-corrected chi connectivity index (χ3v) is 2.00. The summed E-state index contributed by atoms with van der Waals surface area (Å²) in [5, 5.41) is 0. The molecular formula is C12H12O2. The average molecular weight is 188 g/mol. The second-order valence-electron chi connectivity index (χ2n) is 2.88. The number of hydrogen-bond donors (Lipinski definition) is 0. The molecule has 1 rings (SSSR count). The highest BCUT2D eigenvalue weighted by Crippen LogP contribution is 2.09. The first kappa shape index (κ1) is 10.3. The van der Waals surface area contributed by atoms with Gasteiger partial charge in [0.15, 0.2) is 0 Å². The fourth-order valence-corrected chi connectivity index (χ4v) is 1.22. The Kier molecular flexibility index (Phi) is 3.75. The van der Waals surface area contributed by atoms with Crippen molar-refractivity contribution in [2.24, 2.45) is 0 Å². The van der Waals surface area contributed by atoms with E-state index in [1.807, 2.05) is 24.3 Å². The number of carbonyl (C=O) groups excluding carboxylic acids is 1. The summed E-state index contributed by atoms with van der Waals surface area (Å²) in [6.07, 6.45) is 6.33. The largest absolute Gasteiger partial charge is 0.469 e. The summed E-state index contributed by atoms with van der Waals surface area (Å²) in [5.74, 6) is 2.37. The predicted octanol–water partition coefficient (Wildman–Crippen LogP) is 1.77. The van der Waals surface area contributed by atoms with Crippen LogP contribution >= 0.6 is 0 Å². The van der Waals surface area contributed by atoms with Crippen LogP contribution in [0.2, 0.25) is 0 Å². The Labute approximate surface area is 83.9 Å². The Morgan fingerprint density at radius 2 is 2.21 bits per heavy atom. The molecule has 0 aromatic heterocycles. The van der Waals surface area contributed by atoms with Gasteiger partial charge in [-0.15, -0.1) is 6.42 Å². The molecule has 0 aliphatic carbocycles. The Bertz CT molecular complexity index is 361. The lowest BCUT2D eigenvalue weighted by molar-refractivity contribution is -0.140. The second-order valence-corrected chi connectivity index (χ2v) is 2.88. The van der Waals surface area contributed by atoms with Gasteiger partial charge in [0, 0.05) is 12.0 Å². The SMILES string of the molecule is C#Cc1ccccc1CCC(=O)OC. The van der Waals surface area contributed by atoms with E-state index in [9.17, 15) is 4.79 Å². The molecule has 0 atom stereocenters. The van der Waals surface area contributed by atoms with Crippen LogP contribution in [-0.4, -0.2) is 13.1 Å². The fraction of sp³-hybridized carbons (Fsp3) is 0.250. The quantitative estimate of drug-likeness (QED) is 0.534. The summed E-state index contributed by atoms with van der Waals surface area (Å²) in [6, 6.07) is 7.59. The second kappa shape index (κ2) is 5.08. The topological polar surface area (TPSA) is 26.3 Å². The maximum absolute atomic E-state index is 10.9. The molecule has 0 unspecified atom stereocenters. The van der Waals surface area contributed by atoms with Crippen molar-refractivity contribution in [2.45, 2.75) is 12.8 Å². The van der Waals surface area contributed by atoms with Gasteiger partial charge in [0.2, 0.25) is 0 Å². The summed E-state index contributed by atoms with van der Waals surface area (Å²) in [4.78, 5) is 10.9. The molecule has 0 aliphatic heterocycles. The average Bonchev–Trinajstić information content (AvgIpc) is 2.26. The molecule has 0 spiro atoms. The zero-order valence-electron chi connectivity index (χ0n) is 8.12. The van der Waals surface area contributed by atoms with Gasteiger partial charge in [-0.25, -0.2) is 0 Å². The molecule has 0 fully saturated rings. The van der Waals surface area contributed by atoms with Crippen molar-refractivity contribution < 1.29 is 9.53 Å². The van der Waals surface area contributed by atoms with E-state index in [1.165, 1.54) is 7.11 Å². The van der Waals surface area contributed by atoms with Crippen LogP contribution < -0.4 is 0 Å². The maximum Gasteiger partial charge on any atom is 0.305 e. The molecule has 0 N–H and O–H groups in total. The molecule has 0 amide bonds. The molecular weight excluding hydrogens is 176 g/mol. The van der Waals surface area contributed by atoms with E-state index in [0.717, 1.165) is 11.1 Å². The highest BCUT2D eigenvalue weighted by molar-refractivity contribution is 5.69. The monoisotopic (exact) mass is 188 g/mol. The van der Waals surface area contributed by atoms with E-state index in [1.54, 1.807) is 0 Å². The molecule has 1 aromatic carbocycles. The molecule has 72 valence electrons. The smallest absolute Gasteiger partial charge is 0.305 e. The molecule has 0 saturated carbocycles. The number of hydrogen-bond acceptors (Lipinski definition) is 2. The molecule has 2 heteroatoms. The molecule has 14 heavy (non-hydrogen) atoms. The van der Waals surface area contributed by atoms with Gasteiger partial charge in [0.1, 0.15) is 0 Å². The van der Waals surface area contributed by atoms with Crippen molar-refractivity contribution in [3.05, 3.63) is 35.4 Å². The van der Waals surface area contributed by atoms with Crippen LogP contribution in [-0.2, 0) is 16.0 Å².